The maximum atomic E-state index is 10.6. The molecule has 0 aromatic carbocycles. The molecule has 5 nitrogen and oxygen atoms in total. The Morgan fingerprint density at radius 1 is 1.60 bits per heavy atom. The van der Waals surface area contributed by atoms with Crippen LogP contribution < -0.4 is 4.90 Å². The molecule has 0 fully saturated rings. The van der Waals surface area contributed by atoms with Gasteiger partial charge in [0.1, 0.15) is 6.26 Å². The largest absolute Gasteiger partial charge is 0.476 e. The number of carboxylic acid groups (broad SMARTS) is 1. The van der Waals surface area contributed by atoms with Crippen LogP contribution >= 0.6 is 0 Å². The maximum Gasteiger partial charge on any atom is 0.357 e. The van der Waals surface area contributed by atoms with E-state index < -0.39 is 5.97 Å². The first-order valence-corrected chi connectivity index (χ1v) is 4.69. The van der Waals surface area contributed by atoms with E-state index in [-0.39, 0.29) is 11.1 Å². The lowest BCUT2D eigenvalue weighted by Gasteiger charge is -2.24. The molecule has 5 heteroatoms. The monoisotopic (exact) mass is 212 g/mol. The summed E-state index contributed by atoms with van der Waals surface area (Å²) in [6, 6.07) is 0.335. The SMILES string of the molecule is CN(CC(C)(C)C)c1nc(C(=O)O)co1. The minimum absolute atomic E-state index is 0.0641. The molecule has 1 aromatic rings. The van der Waals surface area contributed by atoms with Crippen molar-refractivity contribution >= 4 is 12.0 Å². The van der Waals surface area contributed by atoms with E-state index in [0.29, 0.717) is 6.01 Å². The Labute approximate surface area is 88.7 Å². The maximum absolute atomic E-state index is 10.6. The fourth-order valence-corrected chi connectivity index (χ4v) is 1.32. The molecule has 1 rings (SSSR count). The first-order valence-electron chi connectivity index (χ1n) is 4.69. The van der Waals surface area contributed by atoms with Gasteiger partial charge in [0.2, 0.25) is 0 Å². The molecule has 0 saturated carbocycles. The van der Waals surface area contributed by atoms with Crippen LogP contribution in [0.15, 0.2) is 10.7 Å². The molecule has 1 heterocycles. The van der Waals surface area contributed by atoms with Gasteiger partial charge in [-0.05, 0) is 5.41 Å². The average Bonchev–Trinajstić information content (AvgIpc) is 2.47. The van der Waals surface area contributed by atoms with Crippen LogP contribution in [0.4, 0.5) is 6.01 Å². The molecule has 0 aliphatic rings. The van der Waals surface area contributed by atoms with Gasteiger partial charge in [-0.25, -0.2) is 4.79 Å². The zero-order chi connectivity index (χ0) is 11.6. The summed E-state index contributed by atoms with van der Waals surface area (Å²) in [6.45, 7) is 7.01. The predicted octanol–water partition coefficient (Wildman–Crippen LogP) is 1.86. The normalized spacial score (nSPS) is 11.5. The number of anilines is 1. The molecule has 0 unspecified atom stereocenters. The summed E-state index contributed by atoms with van der Waals surface area (Å²) in [5.41, 5.74) is 0.0397. The molecule has 0 aliphatic carbocycles. The van der Waals surface area contributed by atoms with Crippen molar-refractivity contribution in [2.24, 2.45) is 5.41 Å². The van der Waals surface area contributed by atoms with E-state index >= 15 is 0 Å². The summed E-state index contributed by atoms with van der Waals surface area (Å²) in [5, 5.41) is 8.67. The van der Waals surface area contributed by atoms with E-state index in [4.69, 9.17) is 9.52 Å². The van der Waals surface area contributed by atoms with Crippen LogP contribution in [0.1, 0.15) is 31.3 Å². The van der Waals surface area contributed by atoms with Gasteiger partial charge in [0, 0.05) is 13.6 Å². The average molecular weight is 212 g/mol. The second-order valence-electron chi connectivity index (χ2n) is 4.74. The topological polar surface area (TPSA) is 66.6 Å². The van der Waals surface area contributed by atoms with Crippen LogP contribution in [-0.4, -0.2) is 29.7 Å². The molecule has 0 radical (unpaired) electrons. The van der Waals surface area contributed by atoms with Crippen LogP contribution in [0.2, 0.25) is 0 Å². The Hall–Kier alpha value is -1.52. The van der Waals surface area contributed by atoms with Crippen molar-refractivity contribution in [3.8, 4) is 0 Å². The van der Waals surface area contributed by atoms with Crippen LogP contribution in [-0.2, 0) is 0 Å². The number of oxazole rings is 1. The first-order chi connectivity index (χ1) is 6.79. The molecule has 0 amide bonds. The fourth-order valence-electron chi connectivity index (χ4n) is 1.32. The zero-order valence-electron chi connectivity index (χ0n) is 9.44. The molecule has 0 spiro atoms. The summed E-state index contributed by atoms with van der Waals surface area (Å²) in [4.78, 5) is 16.2. The lowest BCUT2D eigenvalue weighted by Crippen LogP contribution is -2.29. The molecule has 1 aromatic heterocycles. The Kier molecular flexibility index (Phi) is 3.02. The first kappa shape index (κ1) is 11.6. The number of carbonyl (C=O) groups is 1. The number of nitrogens with zero attached hydrogens (tertiary/aromatic N) is 2. The quantitative estimate of drug-likeness (QED) is 0.828. The van der Waals surface area contributed by atoms with E-state index in [0.717, 1.165) is 12.8 Å². The van der Waals surface area contributed by atoms with E-state index in [1.165, 1.54) is 0 Å². The van der Waals surface area contributed by atoms with Crippen molar-refractivity contribution < 1.29 is 14.3 Å². The second kappa shape index (κ2) is 3.92. The summed E-state index contributed by atoms with van der Waals surface area (Å²) in [7, 11) is 1.82. The van der Waals surface area contributed by atoms with Gasteiger partial charge in [-0.1, -0.05) is 20.8 Å². The van der Waals surface area contributed by atoms with Gasteiger partial charge in [0.05, 0.1) is 0 Å². The molecular weight excluding hydrogens is 196 g/mol. The molecule has 0 aliphatic heterocycles. The standard InChI is InChI=1S/C10H16N2O3/c1-10(2,3)6-12(4)9-11-7(5-15-9)8(13)14/h5H,6H2,1-4H3,(H,13,14). The third-order valence-corrected chi connectivity index (χ3v) is 1.75. The second-order valence-corrected chi connectivity index (χ2v) is 4.74. The van der Waals surface area contributed by atoms with Crippen molar-refractivity contribution in [1.29, 1.82) is 0 Å². The van der Waals surface area contributed by atoms with Gasteiger partial charge in [0.25, 0.3) is 6.01 Å². The number of carboxylic acids is 1. The fraction of sp³-hybridized carbons (Fsp3) is 0.600. The third-order valence-electron chi connectivity index (χ3n) is 1.75. The van der Waals surface area contributed by atoms with Crippen molar-refractivity contribution in [1.82, 2.24) is 4.98 Å². The highest BCUT2D eigenvalue weighted by Gasteiger charge is 2.18. The van der Waals surface area contributed by atoms with Crippen molar-refractivity contribution in [2.45, 2.75) is 20.8 Å². The smallest absolute Gasteiger partial charge is 0.357 e. The van der Waals surface area contributed by atoms with E-state index in [2.05, 4.69) is 25.8 Å². The molecule has 15 heavy (non-hydrogen) atoms. The van der Waals surface area contributed by atoms with Gasteiger partial charge in [-0.2, -0.15) is 4.98 Å². The van der Waals surface area contributed by atoms with Crippen LogP contribution in [0.25, 0.3) is 0 Å². The molecular formula is C10H16N2O3. The number of aromatic nitrogens is 1. The molecule has 0 bridgehead atoms. The highest BCUT2D eigenvalue weighted by molar-refractivity contribution is 5.85. The van der Waals surface area contributed by atoms with Gasteiger partial charge < -0.3 is 14.4 Å². The summed E-state index contributed by atoms with van der Waals surface area (Å²) in [5.74, 6) is -1.07. The number of aromatic carboxylic acids is 1. The Balaban J connectivity index is 2.74. The summed E-state index contributed by atoms with van der Waals surface area (Å²) in [6.07, 6.45) is 1.15. The van der Waals surface area contributed by atoms with Crippen LogP contribution in [0.3, 0.4) is 0 Å². The highest BCUT2D eigenvalue weighted by Crippen LogP contribution is 2.19. The van der Waals surface area contributed by atoms with E-state index in [1.807, 2.05) is 7.05 Å². The Bertz CT molecular complexity index is 352. The predicted molar refractivity (Wildman–Crippen MR) is 56.2 cm³/mol. The van der Waals surface area contributed by atoms with Gasteiger partial charge in [-0.3, -0.25) is 0 Å². The van der Waals surface area contributed by atoms with Gasteiger partial charge in [0.15, 0.2) is 5.69 Å². The summed E-state index contributed by atoms with van der Waals surface area (Å²) < 4.78 is 5.07. The molecule has 84 valence electrons. The summed E-state index contributed by atoms with van der Waals surface area (Å²) >= 11 is 0. The molecule has 0 atom stereocenters. The van der Waals surface area contributed by atoms with Gasteiger partial charge >= 0.3 is 5.97 Å². The number of hydrogen-bond donors (Lipinski definition) is 1. The van der Waals surface area contributed by atoms with E-state index in [1.54, 1.807) is 4.90 Å². The van der Waals surface area contributed by atoms with Crippen LogP contribution in [0, 0.1) is 5.41 Å². The van der Waals surface area contributed by atoms with Crippen molar-refractivity contribution in [3.63, 3.8) is 0 Å². The van der Waals surface area contributed by atoms with Crippen molar-refractivity contribution in [2.75, 3.05) is 18.5 Å². The lowest BCUT2D eigenvalue weighted by molar-refractivity contribution is 0.0690. The molecule has 0 saturated heterocycles. The van der Waals surface area contributed by atoms with Crippen molar-refractivity contribution in [3.05, 3.63) is 12.0 Å². The minimum Gasteiger partial charge on any atom is -0.476 e. The lowest BCUT2D eigenvalue weighted by atomic mass is 9.96. The Morgan fingerprint density at radius 3 is 2.60 bits per heavy atom. The Morgan fingerprint density at radius 2 is 2.20 bits per heavy atom. The number of rotatable bonds is 3. The van der Waals surface area contributed by atoms with Gasteiger partial charge in [-0.15, -0.1) is 0 Å². The minimum atomic E-state index is -1.07. The third kappa shape index (κ3) is 3.27. The number of hydrogen-bond acceptors (Lipinski definition) is 4. The zero-order valence-corrected chi connectivity index (χ0v) is 9.44. The molecule has 1 N–H and O–H groups in total. The highest BCUT2D eigenvalue weighted by atomic mass is 16.4. The van der Waals surface area contributed by atoms with Crippen LogP contribution in [0.5, 0.6) is 0 Å². The van der Waals surface area contributed by atoms with E-state index in [9.17, 15) is 4.79 Å².